The summed E-state index contributed by atoms with van der Waals surface area (Å²) in [4.78, 5) is 48.0. The molecule has 0 aromatic heterocycles. The van der Waals surface area contributed by atoms with E-state index >= 15 is 0 Å². The molecule has 0 aliphatic carbocycles. The predicted molar refractivity (Wildman–Crippen MR) is 107 cm³/mol. The van der Waals surface area contributed by atoms with Crippen LogP contribution in [0.1, 0.15) is 25.7 Å². The number of nitrogens with two attached hydrogens (primary N) is 3. The van der Waals surface area contributed by atoms with Gasteiger partial charge in [0.2, 0.25) is 0 Å². The number of hydrogen-bond donors (Lipinski definition) is 10. The highest BCUT2D eigenvalue weighted by Crippen LogP contribution is 2.04. The Morgan fingerprint density at radius 1 is 0.613 bits per heavy atom. The van der Waals surface area contributed by atoms with Crippen LogP contribution in [-0.4, -0.2) is 100 Å². The van der Waals surface area contributed by atoms with Gasteiger partial charge in [-0.15, -0.1) is 0 Å². The summed E-state index contributed by atoms with van der Waals surface area (Å²) in [6.07, 6.45) is 3.57. The average Bonchev–Trinajstić information content (AvgIpc) is 3.43. The maximum atomic E-state index is 10.1. The average molecular weight is 455 g/mol. The fraction of sp³-hybridized carbons (Fsp3) is 0.688. The Labute approximate surface area is 178 Å². The van der Waals surface area contributed by atoms with Gasteiger partial charge in [0.15, 0.2) is 0 Å². The van der Waals surface area contributed by atoms with Gasteiger partial charge < -0.3 is 53.4 Å². The lowest BCUT2D eigenvalue weighted by Gasteiger charge is -1.99. The number of carboxylic acids is 5. The van der Waals surface area contributed by atoms with Crippen molar-refractivity contribution in [1.29, 1.82) is 0 Å². The number of nitrogens with one attached hydrogen (secondary N) is 2. The molecule has 0 unspecified atom stereocenters. The maximum absolute atomic E-state index is 10.1. The smallest absolute Gasteiger partial charge is 0.320 e. The Morgan fingerprint density at radius 2 is 0.839 bits per heavy atom. The molecule has 2 rings (SSSR count). The molecule has 0 amide bonds. The molecule has 0 bridgehead atoms. The Bertz CT molecular complexity index is 476. The minimum atomic E-state index is -0.968. The van der Waals surface area contributed by atoms with Crippen molar-refractivity contribution in [3.63, 3.8) is 0 Å². The molecule has 0 spiro atoms. The van der Waals surface area contributed by atoms with Gasteiger partial charge in [0.1, 0.15) is 12.1 Å². The molecular formula is C16H33N5O10. The summed E-state index contributed by atoms with van der Waals surface area (Å²) in [5, 5.41) is 45.2. The topological polar surface area (TPSA) is 289 Å². The number of hydrogen-bond acceptors (Lipinski definition) is 10. The molecule has 0 radical (unpaired) electrons. The van der Waals surface area contributed by atoms with E-state index in [2.05, 4.69) is 27.8 Å². The molecule has 31 heavy (non-hydrogen) atoms. The molecule has 0 saturated carbocycles. The fourth-order valence-corrected chi connectivity index (χ4v) is 1.79. The Hall–Kier alpha value is -2.85. The summed E-state index contributed by atoms with van der Waals surface area (Å²) in [7, 11) is 0. The van der Waals surface area contributed by atoms with Crippen LogP contribution >= 0.6 is 0 Å². The van der Waals surface area contributed by atoms with Crippen LogP contribution in [0.5, 0.6) is 0 Å². The molecule has 2 aliphatic rings. The van der Waals surface area contributed by atoms with Crippen molar-refractivity contribution in [3.8, 4) is 0 Å². The minimum Gasteiger partial charge on any atom is -0.480 e. The number of aliphatic carboxylic acids is 5. The Kier molecular flexibility index (Phi) is 23.1. The van der Waals surface area contributed by atoms with Gasteiger partial charge in [-0.25, -0.2) is 0 Å². The summed E-state index contributed by atoms with van der Waals surface area (Å²) in [5.74, 6) is -4.34. The normalized spacial score (nSPS) is 18.2. The van der Waals surface area contributed by atoms with Crippen molar-refractivity contribution in [1.82, 2.24) is 10.6 Å². The van der Waals surface area contributed by atoms with Crippen LogP contribution in [0.3, 0.4) is 0 Å². The van der Waals surface area contributed by atoms with Gasteiger partial charge in [-0.1, -0.05) is 0 Å². The quantitative estimate of drug-likeness (QED) is 0.194. The van der Waals surface area contributed by atoms with Crippen molar-refractivity contribution in [2.24, 2.45) is 17.2 Å². The van der Waals surface area contributed by atoms with Crippen molar-refractivity contribution >= 4 is 29.8 Å². The van der Waals surface area contributed by atoms with Gasteiger partial charge in [-0.3, -0.25) is 24.0 Å². The van der Waals surface area contributed by atoms with Crippen molar-refractivity contribution in [2.75, 3.05) is 32.7 Å². The van der Waals surface area contributed by atoms with Gasteiger partial charge >= 0.3 is 29.8 Å². The first kappa shape index (κ1) is 32.8. The zero-order chi connectivity index (χ0) is 24.8. The highest BCUT2D eigenvalue weighted by molar-refractivity contribution is 5.74. The third-order valence-electron chi connectivity index (χ3n) is 3.24. The van der Waals surface area contributed by atoms with E-state index in [0.29, 0.717) is 0 Å². The summed E-state index contributed by atoms with van der Waals surface area (Å²) >= 11 is 0. The van der Waals surface area contributed by atoms with Gasteiger partial charge in [0.25, 0.3) is 0 Å². The van der Waals surface area contributed by atoms with Crippen LogP contribution in [0.2, 0.25) is 0 Å². The molecule has 15 heteroatoms. The monoisotopic (exact) mass is 455 g/mol. The molecule has 13 N–H and O–H groups in total. The Balaban J connectivity index is -0.000000324. The van der Waals surface area contributed by atoms with E-state index in [1.807, 2.05) is 0 Å². The largest absolute Gasteiger partial charge is 0.480 e. The number of rotatable bonds is 5. The number of carboxylic acid groups (broad SMARTS) is 5. The molecule has 15 nitrogen and oxygen atoms in total. The molecule has 2 fully saturated rings. The third-order valence-corrected chi connectivity index (χ3v) is 3.24. The highest BCUT2D eigenvalue weighted by Gasteiger charge is 2.20. The lowest BCUT2D eigenvalue weighted by atomic mass is 10.2. The zero-order valence-corrected chi connectivity index (χ0v) is 17.0. The molecule has 2 atom stereocenters. The van der Waals surface area contributed by atoms with E-state index in [9.17, 15) is 24.0 Å². The first-order chi connectivity index (χ1) is 14.4. The van der Waals surface area contributed by atoms with Crippen LogP contribution in [0.15, 0.2) is 0 Å². The molecule has 2 saturated heterocycles. The Morgan fingerprint density at radius 3 is 0.903 bits per heavy atom. The molecule has 0 aromatic carbocycles. The van der Waals surface area contributed by atoms with Gasteiger partial charge in [-0.2, -0.15) is 0 Å². The second-order valence-electron chi connectivity index (χ2n) is 5.77. The van der Waals surface area contributed by atoms with E-state index in [4.69, 9.17) is 25.5 Å². The fourth-order valence-electron chi connectivity index (χ4n) is 1.79. The van der Waals surface area contributed by atoms with Gasteiger partial charge in [0, 0.05) is 0 Å². The molecular weight excluding hydrogens is 422 g/mol. The van der Waals surface area contributed by atoms with E-state index in [0.717, 1.165) is 38.8 Å². The van der Waals surface area contributed by atoms with Crippen LogP contribution in [0, 0.1) is 0 Å². The van der Waals surface area contributed by atoms with Crippen molar-refractivity contribution < 1.29 is 49.5 Å². The van der Waals surface area contributed by atoms with E-state index in [1.165, 1.54) is 0 Å². The van der Waals surface area contributed by atoms with Crippen LogP contribution < -0.4 is 27.8 Å². The zero-order valence-electron chi connectivity index (χ0n) is 17.0. The van der Waals surface area contributed by atoms with Crippen LogP contribution in [-0.2, 0) is 24.0 Å². The molecule has 182 valence electrons. The standard InChI is InChI=1S/2C5H9NO2.3C2H5NO2/c2*7-5(8)4-2-1-3-6-4;3*3-1-2(4)5/h2*4,6H,1-3H2,(H,7,8);3*1,3H2,(H,4,5)/t2*4-;;;/m00.../s1. The lowest BCUT2D eigenvalue weighted by molar-refractivity contribution is -0.140. The van der Waals surface area contributed by atoms with E-state index in [1.54, 1.807) is 0 Å². The maximum Gasteiger partial charge on any atom is 0.320 e. The summed E-state index contributed by atoms with van der Waals surface area (Å²) in [5.41, 5.74) is 13.7. The van der Waals surface area contributed by atoms with Crippen molar-refractivity contribution in [3.05, 3.63) is 0 Å². The van der Waals surface area contributed by atoms with Crippen molar-refractivity contribution in [2.45, 2.75) is 37.8 Å². The summed E-state index contributed by atoms with van der Waals surface area (Å²) < 4.78 is 0. The first-order valence-electron chi connectivity index (χ1n) is 9.10. The van der Waals surface area contributed by atoms with Crippen LogP contribution in [0.25, 0.3) is 0 Å². The third kappa shape index (κ3) is 27.1. The second-order valence-corrected chi connectivity index (χ2v) is 5.77. The minimum absolute atomic E-state index is 0.269. The predicted octanol–water partition coefficient (Wildman–Crippen LogP) is -3.26. The van der Waals surface area contributed by atoms with E-state index in [-0.39, 0.29) is 31.7 Å². The first-order valence-corrected chi connectivity index (χ1v) is 9.10. The molecule has 2 aliphatic heterocycles. The second kappa shape index (κ2) is 21.8. The summed E-state index contributed by atoms with van der Waals surface area (Å²) in [6, 6.07) is -0.537. The van der Waals surface area contributed by atoms with Gasteiger partial charge in [0.05, 0.1) is 19.6 Å². The van der Waals surface area contributed by atoms with E-state index < -0.39 is 29.8 Å². The molecule has 0 aromatic rings. The SMILES string of the molecule is NCC(=O)O.NCC(=O)O.NCC(=O)O.O=C(O)[C@@H]1CCCN1.O=C(O)[C@@H]1CCCN1. The molecule has 2 heterocycles. The summed E-state index contributed by atoms with van der Waals surface area (Å²) in [6.45, 7) is 0.883. The highest BCUT2D eigenvalue weighted by atomic mass is 16.4. The van der Waals surface area contributed by atoms with Gasteiger partial charge in [-0.05, 0) is 38.8 Å². The van der Waals surface area contributed by atoms with Crippen LogP contribution in [0.4, 0.5) is 0 Å². The number of carbonyl (C=O) groups is 5. The lowest BCUT2D eigenvalue weighted by Crippen LogP contribution is -2.29.